The maximum atomic E-state index is 9.71. The number of fused-ring (bicyclic) bond motifs is 1. The van der Waals surface area contributed by atoms with Crippen LogP contribution in [-0.2, 0) is 0 Å². The molecule has 0 bridgehead atoms. The van der Waals surface area contributed by atoms with Crippen LogP contribution in [0.4, 0.5) is 4.39 Å². The van der Waals surface area contributed by atoms with Crippen molar-refractivity contribution in [2.45, 2.75) is 6.10 Å². The predicted octanol–water partition coefficient (Wildman–Crippen LogP) is 1.88. The van der Waals surface area contributed by atoms with Gasteiger partial charge in [-0.25, -0.2) is 0 Å². The van der Waals surface area contributed by atoms with Crippen molar-refractivity contribution in [2.24, 2.45) is 0 Å². The number of hydrogen-bond donors (Lipinski definition) is 3. The van der Waals surface area contributed by atoms with Gasteiger partial charge in [0, 0.05) is 19.0 Å². The van der Waals surface area contributed by atoms with E-state index in [0.29, 0.717) is 13.7 Å². The van der Waals surface area contributed by atoms with Gasteiger partial charge >= 0.3 is 0 Å². The molecule has 2 rings (SSSR count). The van der Waals surface area contributed by atoms with E-state index in [-0.39, 0.29) is 0 Å². The zero-order chi connectivity index (χ0) is 14.0. The number of aliphatic hydroxyl groups is 2. The highest BCUT2D eigenvalue weighted by molar-refractivity contribution is 5.77. The molecule has 0 amide bonds. The minimum atomic E-state index is -0.477. The van der Waals surface area contributed by atoms with Crippen molar-refractivity contribution in [1.82, 2.24) is 5.32 Å². The number of alkyl halides is 1. The molecule has 0 aliphatic heterocycles. The molecule has 0 aliphatic carbocycles. The third kappa shape index (κ3) is 4.44. The maximum absolute atomic E-state index is 9.71. The fraction of sp³-hybridized carbons (Fsp3) is 0.385. The topological polar surface area (TPSA) is 65.6 Å². The third-order valence-electron chi connectivity index (χ3n) is 2.26. The normalized spacial score (nSPS) is 11.0. The molecule has 1 aromatic carbocycles. The van der Waals surface area contributed by atoms with E-state index in [1.54, 1.807) is 6.26 Å². The van der Waals surface area contributed by atoms with Gasteiger partial charge < -0.3 is 19.9 Å². The maximum Gasteiger partial charge on any atom is 0.134 e. The second kappa shape index (κ2) is 9.58. The Bertz CT molecular complexity index is 431. The lowest BCUT2D eigenvalue weighted by Gasteiger charge is -2.09. The lowest BCUT2D eigenvalue weighted by atomic mass is 10.1. The first-order valence-corrected chi connectivity index (χ1v) is 5.43. The molecular weight excluding hydrogens is 237 g/mol. The molecular formula is C13H20FNO3. The first-order valence-electron chi connectivity index (χ1n) is 5.43. The largest absolute Gasteiger partial charge is 0.464 e. The molecule has 1 atom stereocenters. The Balaban J connectivity index is 0.000000659. The van der Waals surface area contributed by atoms with Crippen LogP contribution in [0.15, 0.2) is 34.9 Å². The first-order chi connectivity index (χ1) is 8.81. The van der Waals surface area contributed by atoms with E-state index in [1.807, 2.05) is 31.3 Å². The Hall–Kier alpha value is -1.43. The molecule has 0 saturated heterocycles. The van der Waals surface area contributed by atoms with Crippen LogP contribution in [0.1, 0.15) is 11.7 Å². The summed E-state index contributed by atoms with van der Waals surface area (Å²) in [6.45, 7) is 0.548. The number of furan rings is 1. The van der Waals surface area contributed by atoms with Crippen LogP contribution in [0.5, 0.6) is 0 Å². The number of nitrogens with one attached hydrogen (secondary N) is 1. The standard InChI is InChI=1S/C11H13NO2.CH3F.CH4O/c1-12-7-10(13)9-3-2-8-4-5-14-11(8)6-9;2*1-2/h2-6,10,12-13H,7H2,1H3;1H3;2H,1H3. The average Bonchev–Trinajstić information content (AvgIpc) is 2.91. The van der Waals surface area contributed by atoms with Gasteiger partial charge in [0.2, 0.25) is 0 Å². The van der Waals surface area contributed by atoms with Crippen LogP contribution in [0.2, 0.25) is 0 Å². The zero-order valence-electron chi connectivity index (χ0n) is 10.9. The summed E-state index contributed by atoms with van der Waals surface area (Å²) in [5.41, 5.74) is 1.69. The molecule has 0 fully saturated rings. The van der Waals surface area contributed by atoms with Crippen LogP contribution >= 0.6 is 0 Å². The molecule has 1 unspecified atom stereocenters. The molecule has 3 N–H and O–H groups in total. The molecule has 0 aliphatic rings. The van der Waals surface area contributed by atoms with E-state index >= 15 is 0 Å². The van der Waals surface area contributed by atoms with Crippen LogP contribution in [0.3, 0.4) is 0 Å². The van der Waals surface area contributed by atoms with Crippen molar-refractivity contribution in [3.05, 3.63) is 36.1 Å². The highest BCUT2D eigenvalue weighted by Crippen LogP contribution is 2.20. The summed E-state index contributed by atoms with van der Waals surface area (Å²) < 4.78 is 14.8. The van der Waals surface area contributed by atoms with Gasteiger partial charge in [-0.2, -0.15) is 0 Å². The van der Waals surface area contributed by atoms with Gasteiger partial charge in [0.1, 0.15) is 5.58 Å². The van der Waals surface area contributed by atoms with Gasteiger partial charge in [0.05, 0.1) is 19.5 Å². The van der Waals surface area contributed by atoms with E-state index in [4.69, 9.17) is 9.52 Å². The Labute approximate surface area is 106 Å². The Morgan fingerprint density at radius 2 is 1.94 bits per heavy atom. The smallest absolute Gasteiger partial charge is 0.134 e. The van der Waals surface area contributed by atoms with E-state index in [9.17, 15) is 9.50 Å². The summed E-state index contributed by atoms with van der Waals surface area (Å²) in [6.07, 6.45) is 1.17. The number of hydrogen-bond acceptors (Lipinski definition) is 4. The minimum Gasteiger partial charge on any atom is -0.464 e. The second-order valence-electron chi connectivity index (χ2n) is 3.29. The summed E-state index contributed by atoms with van der Waals surface area (Å²) in [4.78, 5) is 0. The molecule has 0 spiro atoms. The SMILES string of the molecule is CF.CNCC(O)c1ccc2ccoc2c1.CO. The van der Waals surface area contributed by atoms with E-state index < -0.39 is 6.10 Å². The molecule has 0 radical (unpaired) electrons. The molecule has 0 saturated carbocycles. The minimum absolute atomic E-state index is 0.477. The number of benzene rings is 1. The van der Waals surface area contributed by atoms with Gasteiger partial charge in [0.15, 0.2) is 0 Å². The number of aliphatic hydroxyl groups excluding tert-OH is 2. The van der Waals surface area contributed by atoms with Gasteiger partial charge in [-0.05, 0) is 24.7 Å². The van der Waals surface area contributed by atoms with Crippen molar-refractivity contribution >= 4 is 11.0 Å². The molecule has 5 heteroatoms. The quantitative estimate of drug-likeness (QED) is 0.785. The van der Waals surface area contributed by atoms with Crippen LogP contribution in [-0.4, -0.2) is 38.1 Å². The van der Waals surface area contributed by atoms with Gasteiger partial charge in [-0.15, -0.1) is 0 Å². The highest BCUT2D eigenvalue weighted by Gasteiger charge is 2.07. The van der Waals surface area contributed by atoms with E-state index in [1.165, 1.54) is 0 Å². The zero-order valence-corrected chi connectivity index (χ0v) is 10.9. The fourth-order valence-corrected chi connectivity index (χ4v) is 1.49. The highest BCUT2D eigenvalue weighted by atomic mass is 19.1. The summed E-state index contributed by atoms with van der Waals surface area (Å²) in [5.74, 6) is 0. The Morgan fingerprint density at radius 1 is 1.28 bits per heavy atom. The monoisotopic (exact) mass is 257 g/mol. The van der Waals surface area contributed by atoms with Crippen LogP contribution < -0.4 is 5.32 Å². The lowest BCUT2D eigenvalue weighted by molar-refractivity contribution is 0.178. The first kappa shape index (κ1) is 16.6. The van der Waals surface area contributed by atoms with Crippen molar-refractivity contribution in [1.29, 1.82) is 0 Å². The van der Waals surface area contributed by atoms with Crippen LogP contribution in [0, 0.1) is 0 Å². The summed E-state index contributed by atoms with van der Waals surface area (Å²) >= 11 is 0. The molecule has 1 heterocycles. The summed E-state index contributed by atoms with van der Waals surface area (Å²) in [7, 11) is 3.31. The van der Waals surface area contributed by atoms with Gasteiger partial charge in [-0.3, -0.25) is 4.39 Å². The molecule has 4 nitrogen and oxygen atoms in total. The number of halogens is 1. The van der Waals surface area contributed by atoms with E-state index in [0.717, 1.165) is 23.6 Å². The molecule has 102 valence electrons. The number of rotatable bonds is 3. The predicted molar refractivity (Wildman–Crippen MR) is 70.3 cm³/mol. The van der Waals surface area contributed by atoms with Gasteiger partial charge in [-0.1, -0.05) is 12.1 Å². The summed E-state index contributed by atoms with van der Waals surface area (Å²) in [5, 5.41) is 20.7. The average molecular weight is 257 g/mol. The van der Waals surface area contributed by atoms with Crippen molar-refractivity contribution < 1.29 is 19.0 Å². The Kier molecular flexibility index (Phi) is 8.82. The fourth-order valence-electron chi connectivity index (χ4n) is 1.49. The second-order valence-corrected chi connectivity index (χ2v) is 3.29. The van der Waals surface area contributed by atoms with Crippen molar-refractivity contribution in [3.8, 4) is 0 Å². The van der Waals surface area contributed by atoms with E-state index in [2.05, 4.69) is 5.32 Å². The van der Waals surface area contributed by atoms with Crippen molar-refractivity contribution in [3.63, 3.8) is 0 Å². The summed E-state index contributed by atoms with van der Waals surface area (Å²) in [6, 6.07) is 7.65. The van der Waals surface area contributed by atoms with Crippen molar-refractivity contribution in [2.75, 3.05) is 27.9 Å². The number of likely N-dealkylation sites (N-methyl/N-ethyl adjacent to an activating group) is 1. The van der Waals surface area contributed by atoms with Crippen LogP contribution in [0.25, 0.3) is 11.0 Å². The molecule has 1 aromatic heterocycles. The molecule has 18 heavy (non-hydrogen) atoms. The Morgan fingerprint density at radius 3 is 2.56 bits per heavy atom. The lowest BCUT2D eigenvalue weighted by Crippen LogP contribution is -2.16. The third-order valence-corrected chi connectivity index (χ3v) is 2.26. The van der Waals surface area contributed by atoms with Gasteiger partial charge in [0.25, 0.3) is 0 Å². The molecule has 2 aromatic rings.